The van der Waals surface area contributed by atoms with Crippen molar-refractivity contribution in [1.29, 1.82) is 0 Å². The Bertz CT molecular complexity index is 3920. The van der Waals surface area contributed by atoms with Gasteiger partial charge >= 0.3 is 0 Å². The lowest BCUT2D eigenvalue weighted by atomic mass is 9.81. The molecule has 2 heterocycles. The minimum atomic E-state index is -0.257. The highest BCUT2D eigenvalue weighted by Crippen LogP contribution is 2.55. The summed E-state index contributed by atoms with van der Waals surface area (Å²) in [6.45, 7) is 10.2. The van der Waals surface area contributed by atoms with Crippen molar-refractivity contribution in [3.8, 4) is 27.9 Å². The zero-order valence-electron chi connectivity index (χ0n) is 37.1. The lowest BCUT2D eigenvalue weighted by molar-refractivity contribution is 0.661. The second-order valence-corrected chi connectivity index (χ2v) is 18.5. The summed E-state index contributed by atoms with van der Waals surface area (Å²) in [5.74, 6) is 0. The van der Waals surface area contributed by atoms with E-state index in [4.69, 9.17) is 0 Å². The molecule has 65 heavy (non-hydrogen) atoms. The normalized spacial score (nSPS) is 13.1. The van der Waals surface area contributed by atoms with Crippen molar-refractivity contribution in [3.63, 3.8) is 0 Å². The predicted octanol–water partition coefficient (Wildman–Crippen LogP) is 17.0. The monoisotopic (exact) mass is 833 g/mol. The Labute approximate surface area is 379 Å². The lowest BCUT2D eigenvalue weighted by Crippen LogP contribution is -2.17. The molecule has 0 radical (unpaired) electrons. The molecule has 0 amide bonds. The van der Waals surface area contributed by atoms with Crippen LogP contribution in [0.25, 0.3) is 93.1 Å². The molecule has 1 aliphatic rings. The van der Waals surface area contributed by atoms with Crippen molar-refractivity contribution in [2.24, 2.45) is 0 Å². The highest BCUT2D eigenvalue weighted by molar-refractivity contribution is 6.13. The SMILES string of the molecule is CCn1c2ccccc2c2ccc(-c3ccc4c(c3)C(C)(C)c3cc(N(c5ccc(C)cc5)c5ccc6c7ccccc7n(-c7ccc8ccccc8c7)c6c5)c5ccccc5c3-4)cc21. The van der Waals surface area contributed by atoms with Gasteiger partial charge in [0, 0.05) is 67.0 Å². The van der Waals surface area contributed by atoms with E-state index in [2.05, 4.69) is 242 Å². The predicted molar refractivity (Wildman–Crippen MR) is 277 cm³/mol. The first-order chi connectivity index (χ1) is 31.9. The summed E-state index contributed by atoms with van der Waals surface area (Å²) in [5, 5.41) is 10.1. The van der Waals surface area contributed by atoms with Gasteiger partial charge in [-0.2, -0.15) is 0 Å². The number of aryl methyl sites for hydroxylation is 2. The first-order valence-electron chi connectivity index (χ1n) is 23.0. The number of fused-ring (bicyclic) bond motifs is 12. The van der Waals surface area contributed by atoms with Crippen molar-refractivity contribution in [3.05, 3.63) is 217 Å². The second-order valence-electron chi connectivity index (χ2n) is 18.5. The van der Waals surface area contributed by atoms with E-state index >= 15 is 0 Å². The molecular weight excluding hydrogens is 787 g/mol. The minimum absolute atomic E-state index is 0.257. The van der Waals surface area contributed by atoms with Gasteiger partial charge in [-0.1, -0.05) is 153 Å². The fourth-order valence-electron chi connectivity index (χ4n) is 11.3. The Morgan fingerprint density at radius 3 is 1.86 bits per heavy atom. The average Bonchev–Trinajstić information content (AvgIpc) is 3.93. The van der Waals surface area contributed by atoms with Gasteiger partial charge in [0.1, 0.15) is 0 Å². The van der Waals surface area contributed by atoms with E-state index in [1.54, 1.807) is 0 Å². The third-order valence-electron chi connectivity index (χ3n) is 14.5. The molecule has 2 aromatic heterocycles. The summed E-state index contributed by atoms with van der Waals surface area (Å²) in [6.07, 6.45) is 0. The summed E-state index contributed by atoms with van der Waals surface area (Å²) in [7, 11) is 0. The number of rotatable bonds is 6. The van der Waals surface area contributed by atoms with Crippen LogP contribution >= 0.6 is 0 Å². The van der Waals surface area contributed by atoms with Crippen LogP contribution in [0.1, 0.15) is 37.5 Å². The van der Waals surface area contributed by atoms with Gasteiger partial charge in [0.2, 0.25) is 0 Å². The van der Waals surface area contributed by atoms with Gasteiger partial charge in [0.15, 0.2) is 0 Å². The number of hydrogen-bond acceptors (Lipinski definition) is 1. The maximum atomic E-state index is 2.51. The Balaban J connectivity index is 1.01. The molecule has 0 saturated carbocycles. The van der Waals surface area contributed by atoms with E-state index < -0.39 is 0 Å². The number of anilines is 3. The highest BCUT2D eigenvalue weighted by Gasteiger charge is 2.38. The van der Waals surface area contributed by atoms with Crippen molar-refractivity contribution in [2.45, 2.75) is 39.7 Å². The second kappa shape index (κ2) is 14.1. The van der Waals surface area contributed by atoms with E-state index in [-0.39, 0.29) is 5.41 Å². The van der Waals surface area contributed by atoms with Gasteiger partial charge in [-0.05, 0) is 130 Å². The van der Waals surface area contributed by atoms with Crippen LogP contribution in [0.15, 0.2) is 200 Å². The van der Waals surface area contributed by atoms with Crippen molar-refractivity contribution in [2.75, 3.05) is 4.90 Å². The van der Waals surface area contributed by atoms with Gasteiger partial charge in [-0.25, -0.2) is 0 Å². The van der Waals surface area contributed by atoms with Gasteiger partial charge in [-0.3, -0.25) is 0 Å². The van der Waals surface area contributed by atoms with Crippen LogP contribution < -0.4 is 4.90 Å². The van der Waals surface area contributed by atoms with Gasteiger partial charge in [-0.15, -0.1) is 0 Å². The fraction of sp³-hybridized carbons (Fsp3) is 0.0968. The molecule has 0 N–H and O–H groups in total. The van der Waals surface area contributed by atoms with Crippen LogP contribution in [0, 0.1) is 6.92 Å². The highest BCUT2D eigenvalue weighted by atomic mass is 15.1. The van der Waals surface area contributed by atoms with Crippen LogP contribution in [0.4, 0.5) is 17.1 Å². The first-order valence-corrected chi connectivity index (χ1v) is 23.0. The maximum Gasteiger partial charge on any atom is 0.0561 e. The molecule has 0 spiro atoms. The Morgan fingerprint density at radius 2 is 1.06 bits per heavy atom. The number of benzene rings is 10. The van der Waals surface area contributed by atoms with E-state index in [1.807, 2.05) is 0 Å². The standard InChI is InChI=1S/C62H47N3/c1-5-63-56-20-12-10-16-47(56)50-31-25-43(36-58(50)63)42-26-32-53-54(35-42)62(3,4)55-38-60(49-18-8-9-19-52(49)61(53)55)64(44-27-22-39(2)23-28-44)46-30-33-51-48-17-11-13-21-57(48)65(59(51)37-46)45-29-24-40-14-6-7-15-41(40)34-45/h6-38H,5H2,1-4H3. The summed E-state index contributed by atoms with van der Waals surface area (Å²) >= 11 is 0. The molecule has 12 aromatic rings. The molecule has 0 fully saturated rings. The third kappa shape index (κ3) is 5.55. The molecule has 0 unspecified atom stereocenters. The van der Waals surface area contributed by atoms with Crippen LogP contribution in [0.3, 0.4) is 0 Å². The largest absolute Gasteiger partial charge is 0.341 e. The zero-order chi connectivity index (χ0) is 43.6. The topological polar surface area (TPSA) is 13.1 Å². The Kier molecular flexibility index (Phi) is 8.15. The van der Waals surface area contributed by atoms with Crippen LogP contribution in [0.2, 0.25) is 0 Å². The lowest BCUT2D eigenvalue weighted by Gasteiger charge is -2.30. The molecule has 3 heteroatoms. The number of hydrogen-bond donors (Lipinski definition) is 0. The average molecular weight is 834 g/mol. The summed E-state index contributed by atoms with van der Waals surface area (Å²) < 4.78 is 4.90. The number of para-hydroxylation sites is 2. The summed E-state index contributed by atoms with van der Waals surface area (Å²) in [6, 6.07) is 75.0. The van der Waals surface area contributed by atoms with Gasteiger partial charge in [0.05, 0.1) is 16.7 Å². The molecule has 10 aromatic carbocycles. The molecule has 0 aliphatic heterocycles. The van der Waals surface area contributed by atoms with Crippen LogP contribution in [-0.2, 0) is 12.0 Å². The molecule has 0 saturated heterocycles. The van der Waals surface area contributed by atoms with E-state index in [0.29, 0.717) is 0 Å². The maximum absolute atomic E-state index is 2.51. The van der Waals surface area contributed by atoms with Gasteiger partial charge in [0.25, 0.3) is 0 Å². The number of nitrogens with zero attached hydrogens (tertiary/aromatic N) is 3. The zero-order valence-corrected chi connectivity index (χ0v) is 37.1. The number of aromatic nitrogens is 2. The summed E-state index contributed by atoms with van der Waals surface area (Å²) in [5.41, 5.74) is 18.4. The molecular formula is C62H47N3. The van der Waals surface area contributed by atoms with Crippen LogP contribution in [-0.4, -0.2) is 9.13 Å². The van der Waals surface area contributed by atoms with Crippen molar-refractivity contribution in [1.82, 2.24) is 9.13 Å². The van der Waals surface area contributed by atoms with E-state index in [1.165, 1.54) is 110 Å². The van der Waals surface area contributed by atoms with E-state index in [0.717, 1.165) is 23.6 Å². The van der Waals surface area contributed by atoms with E-state index in [9.17, 15) is 0 Å². The molecule has 3 nitrogen and oxygen atoms in total. The molecule has 13 rings (SSSR count). The fourth-order valence-corrected chi connectivity index (χ4v) is 11.3. The smallest absolute Gasteiger partial charge is 0.0561 e. The molecule has 0 bridgehead atoms. The molecule has 0 atom stereocenters. The quantitative estimate of drug-likeness (QED) is 0.163. The van der Waals surface area contributed by atoms with Crippen molar-refractivity contribution < 1.29 is 0 Å². The minimum Gasteiger partial charge on any atom is -0.341 e. The molecule has 310 valence electrons. The molecule has 1 aliphatic carbocycles. The third-order valence-corrected chi connectivity index (χ3v) is 14.5. The summed E-state index contributed by atoms with van der Waals surface area (Å²) in [4.78, 5) is 2.50. The Morgan fingerprint density at radius 1 is 0.446 bits per heavy atom. The van der Waals surface area contributed by atoms with Crippen LogP contribution in [0.5, 0.6) is 0 Å². The van der Waals surface area contributed by atoms with Crippen molar-refractivity contribution >= 4 is 82.2 Å². The first kappa shape index (κ1) is 37.7. The Hall–Kier alpha value is -7.88. The van der Waals surface area contributed by atoms with Gasteiger partial charge < -0.3 is 14.0 Å².